The van der Waals surface area contributed by atoms with Crippen molar-refractivity contribution in [1.82, 2.24) is 33.7 Å². The topological polar surface area (TPSA) is 148 Å². The van der Waals surface area contributed by atoms with Crippen LogP contribution in [0, 0.1) is 0 Å². The molecule has 240 valence electrons. The number of rotatable bonds is 23. The van der Waals surface area contributed by atoms with Crippen LogP contribution >= 0.6 is 0 Å². The van der Waals surface area contributed by atoms with E-state index >= 15 is 0 Å². The lowest BCUT2D eigenvalue weighted by Gasteiger charge is -2.24. The Bertz CT molecular complexity index is 1020. The van der Waals surface area contributed by atoms with Crippen LogP contribution in [-0.4, -0.2) is 135 Å². The van der Waals surface area contributed by atoms with E-state index in [9.17, 15) is 29.7 Å². The zero-order valence-corrected chi connectivity index (χ0v) is 26.3. The summed E-state index contributed by atoms with van der Waals surface area (Å²) in [6.45, 7) is 16.8. The van der Waals surface area contributed by atoms with E-state index in [1.807, 2.05) is 11.9 Å². The van der Waals surface area contributed by atoms with Crippen molar-refractivity contribution in [3.05, 3.63) is 31.5 Å². The van der Waals surface area contributed by atoms with E-state index in [1.54, 1.807) is 6.92 Å². The van der Waals surface area contributed by atoms with Gasteiger partial charge in [0.2, 0.25) is 0 Å². The summed E-state index contributed by atoms with van der Waals surface area (Å²) in [6.07, 6.45) is -0.926. The second kappa shape index (κ2) is 20.1. The molecule has 0 aromatic carbocycles. The van der Waals surface area contributed by atoms with Crippen molar-refractivity contribution in [2.75, 3.05) is 72.5 Å². The first kappa shape index (κ1) is 37.2. The number of likely N-dealkylation sites (N-methyl/N-ethyl adjacent to an activating group) is 1. The van der Waals surface area contributed by atoms with Crippen LogP contribution in [-0.2, 0) is 19.6 Å². The number of aromatic nitrogens is 3. The highest BCUT2D eigenvalue weighted by Crippen LogP contribution is 1.98. The normalized spacial score (nSPS) is 14.3. The summed E-state index contributed by atoms with van der Waals surface area (Å²) >= 11 is 0. The van der Waals surface area contributed by atoms with E-state index in [2.05, 4.69) is 42.8 Å². The summed E-state index contributed by atoms with van der Waals surface area (Å²) in [5.41, 5.74) is -2.64. The Morgan fingerprint density at radius 1 is 0.659 bits per heavy atom. The highest BCUT2D eigenvalue weighted by molar-refractivity contribution is 4.83. The summed E-state index contributed by atoms with van der Waals surface area (Å²) in [4.78, 5) is 46.2. The Hall–Kier alpha value is -1.87. The van der Waals surface area contributed by atoms with Crippen LogP contribution < -0.4 is 22.4 Å². The van der Waals surface area contributed by atoms with Crippen LogP contribution in [0.5, 0.6) is 0 Å². The highest BCUT2D eigenvalue weighted by atomic mass is 16.3. The summed E-state index contributed by atoms with van der Waals surface area (Å²) in [5, 5.41) is 34.7. The number of aliphatic hydroxyl groups excluding tert-OH is 3. The van der Waals surface area contributed by atoms with Crippen molar-refractivity contribution in [2.24, 2.45) is 0 Å². The fraction of sp³-hybridized carbons (Fsp3) is 0.893. The minimum Gasteiger partial charge on any atom is -0.391 e. The maximum absolute atomic E-state index is 13.3. The van der Waals surface area contributed by atoms with Gasteiger partial charge in [-0.15, -0.1) is 0 Å². The molecule has 1 aromatic heterocycles. The first-order valence-corrected chi connectivity index (χ1v) is 15.3. The van der Waals surface area contributed by atoms with Crippen LogP contribution in [0.2, 0.25) is 0 Å². The molecule has 0 saturated carbocycles. The molecule has 0 amide bonds. The first-order chi connectivity index (χ1) is 19.5. The molecule has 13 heteroatoms. The summed E-state index contributed by atoms with van der Waals surface area (Å²) in [6, 6.07) is 0. The van der Waals surface area contributed by atoms with Crippen LogP contribution in [0.4, 0.5) is 0 Å². The Balaban J connectivity index is 3.01. The molecule has 0 aliphatic heterocycles. The van der Waals surface area contributed by atoms with Crippen LogP contribution in [0.15, 0.2) is 14.4 Å². The van der Waals surface area contributed by atoms with Gasteiger partial charge in [0.25, 0.3) is 0 Å². The van der Waals surface area contributed by atoms with Crippen molar-refractivity contribution in [2.45, 2.75) is 91.8 Å². The predicted molar refractivity (Wildman–Crippen MR) is 163 cm³/mol. The molecule has 0 radical (unpaired) electrons. The number of nitrogens with zero attached hydrogens (tertiary/aromatic N) is 6. The van der Waals surface area contributed by atoms with E-state index in [0.29, 0.717) is 13.0 Å². The van der Waals surface area contributed by atoms with Gasteiger partial charge in [-0.25, -0.2) is 28.1 Å². The van der Waals surface area contributed by atoms with Gasteiger partial charge in [0, 0.05) is 13.1 Å². The molecule has 0 fully saturated rings. The number of hydrogen-bond acceptors (Lipinski definition) is 10. The molecule has 13 nitrogen and oxygen atoms in total. The second-order valence-corrected chi connectivity index (χ2v) is 10.8. The predicted octanol–water partition coefficient (Wildman–Crippen LogP) is -1.35. The van der Waals surface area contributed by atoms with Gasteiger partial charge in [-0.1, -0.05) is 34.6 Å². The van der Waals surface area contributed by atoms with Gasteiger partial charge in [0.1, 0.15) is 0 Å². The van der Waals surface area contributed by atoms with Gasteiger partial charge in [0.15, 0.2) is 0 Å². The molecule has 1 heterocycles. The van der Waals surface area contributed by atoms with E-state index in [1.165, 1.54) is 0 Å². The molecule has 41 heavy (non-hydrogen) atoms. The second-order valence-electron chi connectivity index (χ2n) is 10.8. The van der Waals surface area contributed by atoms with Crippen molar-refractivity contribution < 1.29 is 15.3 Å². The minimum absolute atomic E-state index is 0.168. The fourth-order valence-corrected chi connectivity index (χ4v) is 4.83. The smallest absolute Gasteiger partial charge is 0.336 e. The van der Waals surface area contributed by atoms with Gasteiger partial charge in [-0.05, 0) is 78.7 Å². The van der Waals surface area contributed by atoms with Gasteiger partial charge in [-0.3, -0.25) is 0 Å². The molecule has 0 aliphatic carbocycles. The number of aliphatic hydroxyl groups is 3. The molecule has 3 unspecified atom stereocenters. The van der Waals surface area contributed by atoms with Crippen LogP contribution in [0.1, 0.15) is 53.9 Å². The molecule has 1 rings (SSSR count). The average molecular weight is 588 g/mol. The Morgan fingerprint density at radius 2 is 1.10 bits per heavy atom. The maximum Gasteiger partial charge on any atom is 0.336 e. The van der Waals surface area contributed by atoms with Crippen molar-refractivity contribution in [3.8, 4) is 0 Å². The third-order valence-corrected chi connectivity index (χ3v) is 7.57. The Morgan fingerprint density at radius 3 is 1.56 bits per heavy atom. The monoisotopic (exact) mass is 587 g/mol. The standard InChI is InChI=1S/C28H57N7O6/c1-7-23(36)20-33-26(39)34(21-24(37)18-29-14-12-16-31(8-2)9-3)28(41)35(27(33)40)22-25(38)19-30(6)15-13-17-32(10-4)11-5/h23-25,29,36-38H,7-22H2,1-6H3. The zero-order valence-electron chi connectivity index (χ0n) is 26.3. The van der Waals surface area contributed by atoms with Crippen LogP contribution in [0.25, 0.3) is 0 Å². The van der Waals surface area contributed by atoms with Crippen molar-refractivity contribution in [1.29, 1.82) is 0 Å². The van der Waals surface area contributed by atoms with E-state index in [0.717, 1.165) is 72.4 Å². The van der Waals surface area contributed by atoms with Crippen LogP contribution in [0.3, 0.4) is 0 Å². The molecule has 3 atom stereocenters. The first-order valence-electron chi connectivity index (χ1n) is 15.3. The van der Waals surface area contributed by atoms with E-state index in [-0.39, 0.29) is 32.7 Å². The molecule has 4 N–H and O–H groups in total. The lowest BCUT2D eigenvalue weighted by Crippen LogP contribution is -2.57. The summed E-state index contributed by atoms with van der Waals surface area (Å²) < 4.78 is 2.48. The van der Waals surface area contributed by atoms with Crippen molar-refractivity contribution in [3.63, 3.8) is 0 Å². The summed E-state index contributed by atoms with van der Waals surface area (Å²) in [5.74, 6) is 0. The Kier molecular flexibility index (Phi) is 18.2. The largest absolute Gasteiger partial charge is 0.391 e. The fourth-order valence-electron chi connectivity index (χ4n) is 4.83. The van der Waals surface area contributed by atoms with Gasteiger partial charge in [0.05, 0.1) is 37.9 Å². The molecular formula is C28H57N7O6. The van der Waals surface area contributed by atoms with Gasteiger partial charge >= 0.3 is 17.1 Å². The molecule has 0 spiro atoms. The molecule has 0 aliphatic rings. The lowest BCUT2D eigenvalue weighted by atomic mass is 10.3. The quantitative estimate of drug-likeness (QED) is 0.113. The minimum atomic E-state index is -1.05. The SMILES string of the molecule is CCC(O)Cn1c(=O)n(CC(O)CNCCCN(CC)CC)c(=O)n(CC(O)CN(C)CCCN(CC)CC)c1=O. The molecular weight excluding hydrogens is 530 g/mol. The lowest BCUT2D eigenvalue weighted by molar-refractivity contribution is 0.0999. The third kappa shape index (κ3) is 12.9. The highest BCUT2D eigenvalue weighted by Gasteiger charge is 2.21. The number of nitrogens with one attached hydrogen (secondary N) is 1. The summed E-state index contributed by atoms with van der Waals surface area (Å²) in [7, 11) is 1.87. The van der Waals surface area contributed by atoms with Crippen molar-refractivity contribution >= 4 is 0 Å². The third-order valence-electron chi connectivity index (χ3n) is 7.57. The molecule has 1 aromatic rings. The van der Waals surface area contributed by atoms with E-state index in [4.69, 9.17) is 0 Å². The van der Waals surface area contributed by atoms with Gasteiger partial charge < -0.3 is 35.3 Å². The Labute approximate surface area is 245 Å². The molecule has 0 bridgehead atoms. The zero-order chi connectivity index (χ0) is 30.9. The molecule has 0 saturated heterocycles. The van der Waals surface area contributed by atoms with E-state index < -0.39 is 35.4 Å². The maximum atomic E-state index is 13.3. The van der Waals surface area contributed by atoms with Gasteiger partial charge in [-0.2, -0.15) is 0 Å². The number of hydrogen-bond donors (Lipinski definition) is 4. The average Bonchev–Trinajstić information content (AvgIpc) is 2.95.